The highest BCUT2D eigenvalue weighted by Crippen LogP contribution is 2.30. The van der Waals surface area contributed by atoms with Crippen molar-refractivity contribution >= 4 is 11.8 Å². The zero-order valence-electron chi connectivity index (χ0n) is 17.9. The van der Waals surface area contributed by atoms with Gasteiger partial charge in [-0.05, 0) is 24.1 Å². The minimum atomic E-state index is -1.22. The van der Waals surface area contributed by atoms with E-state index in [-0.39, 0.29) is 30.7 Å². The van der Waals surface area contributed by atoms with Gasteiger partial charge < -0.3 is 15.0 Å². The first-order valence-corrected chi connectivity index (χ1v) is 10.6. The number of ether oxygens (including phenoxy) is 1. The van der Waals surface area contributed by atoms with E-state index in [1.807, 2.05) is 43.3 Å². The van der Waals surface area contributed by atoms with Gasteiger partial charge in [0.25, 0.3) is 11.8 Å². The smallest absolute Gasteiger partial charge is 0.274 e. The molecule has 1 atom stereocenters. The fourth-order valence-electron chi connectivity index (χ4n) is 3.96. The molecule has 1 aliphatic heterocycles. The van der Waals surface area contributed by atoms with Crippen LogP contribution in [0.2, 0.25) is 0 Å². The lowest BCUT2D eigenvalue weighted by Crippen LogP contribution is -2.62. The average Bonchev–Trinajstić information content (AvgIpc) is 2.85. The van der Waals surface area contributed by atoms with Crippen molar-refractivity contribution in [2.24, 2.45) is 0 Å². The Morgan fingerprint density at radius 1 is 1.09 bits per heavy atom. The highest BCUT2D eigenvalue weighted by atomic mass is 16.5. The summed E-state index contributed by atoms with van der Waals surface area (Å²) in [5.74, 6) is -0.506. The van der Waals surface area contributed by atoms with Crippen molar-refractivity contribution in [2.75, 3.05) is 26.2 Å². The number of nitrogens with zero attached hydrogens (tertiary/aromatic N) is 4. The van der Waals surface area contributed by atoms with Crippen molar-refractivity contribution in [2.45, 2.75) is 18.9 Å². The van der Waals surface area contributed by atoms with E-state index in [9.17, 15) is 9.59 Å². The van der Waals surface area contributed by atoms with Gasteiger partial charge in [0.1, 0.15) is 5.69 Å². The Kier molecular flexibility index (Phi) is 6.51. The van der Waals surface area contributed by atoms with Crippen molar-refractivity contribution in [3.05, 3.63) is 78.6 Å². The number of likely N-dealkylation sites (N-methyl/N-ethyl adjacent to an activating group) is 1. The number of hydrogen-bond donors (Lipinski definition) is 1. The second kappa shape index (κ2) is 9.65. The molecule has 1 aromatic carbocycles. The third-order valence-corrected chi connectivity index (χ3v) is 5.47. The molecule has 8 nitrogen and oxygen atoms in total. The van der Waals surface area contributed by atoms with Crippen LogP contribution in [-0.4, -0.2) is 63.5 Å². The number of nitrogens with one attached hydrogen (secondary N) is 1. The van der Waals surface area contributed by atoms with Gasteiger partial charge in [0.15, 0.2) is 5.60 Å². The number of hydrogen-bond acceptors (Lipinski definition) is 6. The van der Waals surface area contributed by atoms with E-state index in [1.165, 1.54) is 18.6 Å². The van der Waals surface area contributed by atoms with Gasteiger partial charge in [-0.25, -0.2) is 4.98 Å². The first-order chi connectivity index (χ1) is 15.6. The van der Waals surface area contributed by atoms with Crippen LogP contribution in [0.5, 0.6) is 0 Å². The molecule has 3 heterocycles. The van der Waals surface area contributed by atoms with E-state index in [1.54, 1.807) is 17.3 Å². The summed E-state index contributed by atoms with van der Waals surface area (Å²) in [7, 11) is 0. The lowest BCUT2D eigenvalue weighted by atomic mass is 9.87. The van der Waals surface area contributed by atoms with Gasteiger partial charge in [-0.15, -0.1) is 0 Å². The van der Waals surface area contributed by atoms with Gasteiger partial charge in [0.05, 0.1) is 19.3 Å². The number of carbonyl (C=O) groups is 2. The fraction of sp³-hybridized carbons (Fsp3) is 0.292. The standard InChI is InChI=1S/C24H25N5O3/c1-2-27-23(31)24(14-18-6-3-4-8-20(18)19-7-5-9-25-15-19)17-29(12-13-32-24)22(30)21-16-26-10-11-28-21/h3-11,15-16H,2,12-14,17H2,1H3,(H,27,31)/t24-/m1/s1. The first-order valence-electron chi connectivity index (χ1n) is 10.6. The molecular formula is C24H25N5O3. The molecule has 0 aliphatic carbocycles. The Labute approximate surface area is 186 Å². The van der Waals surface area contributed by atoms with Gasteiger partial charge in [0, 0.05) is 49.9 Å². The maximum atomic E-state index is 13.3. The second-order valence-electron chi connectivity index (χ2n) is 7.60. The molecule has 4 rings (SSSR count). The number of carbonyl (C=O) groups excluding carboxylic acids is 2. The van der Waals surface area contributed by atoms with Crippen LogP contribution in [0.15, 0.2) is 67.4 Å². The van der Waals surface area contributed by atoms with E-state index in [0.717, 1.165) is 16.7 Å². The van der Waals surface area contributed by atoms with Gasteiger partial charge in [-0.1, -0.05) is 30.3 Å². The van der Waals surface area contributed by atoms with E-state index >= 15 is 0 Å². The largest absolute Gasteiger partial charge is 0.361 e. The lowest BCUT2D eigenvalue weighted by Gasteiger charge is -2.41. The lowest BCUT2D eigenvalue weighted by molar-refractivity contribution is -0.157. The first kappa shape index (κ1) is 21.6. The molecule has 1 N–H and O–H groups in total. The molecule has 0 spiro atoms. The summed E-state index contributed by atoms with van der Waals surface area (Å²) in [6, 6.07) is 11.7. The fourth-order valence-corrected chi connectivity index (χ4v) is 3.96. The monoisotopic (exact) mass is 431 g/mol. The van der Waals surface area contributed by atoms with Crippen molar-refractivity contribution in [1.29, 1.82) is 0 Å². The van der Waals surface area contributed by atoms with Crippen LogP contribution in [0.1, 0.15) is 23.0 Å². The molecule has 0 bridgehead atoms. The topological polar surface area (TPSA) is 97.3 Å². The van der Waals surface area contributed by atoms with Crippen LogP contribution >= 0.6 is 0 Å². The number of pyridine rings is 1. The summed E-state index contributed by atoms with van der Waals surface area (Å²) < 4.78 is 6.13. The van der Waals surface area contributed by atoms with Crippen molar-refractivity contribution < 1.29 is 14.3 Å². The number of aromatic nitrogens is 3. The quantitative estimate of drug-likeness (QED) is 0.642. The molecule has 0 radical (unpaired) electrons. The summed E-state index contributed by atoms with van der Waals surface area (Å²) in [5, 5.41) is 2.89. The highest BCUT2D eigenvalue weighted by molar-refractivity contribution is 5.93. The van der Waals surface area contributed by atoms with E-state index in [2.05, 4.69) is 20.3 Å². The summed E-state index contributed by atoms with van der Waals surface area (Å²) in [4.78, 5) is 40.2. The number of amides is 2. The van der Waals surface area contributed by atoms with Gasteiger partial charge in [-0.3, -0.25) is 19.6 Å². The number of morpholine rings is 1. The van der Waals surface area contributed by atoms with E-state index in [4.69, 9.17) is 4.74 Å². The van der Waals surface area contributed by atoms with Crippen LogP contribution in [-0.2, 0) is 16.0 Å². The third kappa shape index (κ3) is 4.50. The predicted octanol–water partition coefficient (Wildman–Crippen LogP) is 2.13. The predicted molar refractivity (Wildman–Crippen MR) is 119 cm³/mol. The van der Waals surface area contributed by atoms with Crippen LogP contribution in [0.4, 0.5) is 0 Å². The molecule has 1 aliphatic rings. The molecular weight excluding hydrogens is 406 g/mol. The molecule has 32 heavy (non-hydrogen) atoms. The van der Waals surface area contributed by atoms with Crippen LogP contribution < -0.4 is 5.32 Å². The molecule has 1 saturated heterocycles. The maximum Gasteiger partial charge on any atom is 0.274 e. The number of benzene rings is 1. The Morgan fingerprint density at radius 2 is 1.94 bits per heavy atom. The molecule has 1 fully saturated rings. The minimum Gasteiger partial charge on any atom is -0.361 e. The SMILES string of the molecule is CCNC(=O)[C@@]1(Cc2ccccc2-c2cccnc2)CN(C(=O)c2cnccn2)CCO1. The normalized spacial score (nSPS) is 18.2. The molecule has 3 aromatic rings. The Balaban J connectivity index is 1.68. The zero-order valence-corrected chi connectivity index (χ0v) is 17.9. The maximum absolute atomic E-state index is 13.3. The highest BCUT2D eigenvalue weighted by Gasteiger charge is 2.45. The van der Waals surface area contributed by atoms with Crippen molar-refractivity contribution in [3.63, 3.8) is 0 Å². The Hall–Kier alpha value is -3.65. The van der Waals surface area contributed by atoms with Crippen LogP contribution in [0.3, 0.4) is 0 Å². The molecule has 8 heteroatoms. The van der Waals surface area contributed by atoms with E-state index < -0.39 is 5.60 Å². The Morgan fingerprint density at radius 3 is 2.69 bits per heavy atom. The molecule has 0 unspecified atom stereocenters. The summed E-state index contributed by atoms with van der Waals surface area (Å²) >= 11 is 0. The molecule has 2 aromatic heterocycles. The van der Waals surface area contributed by atoms with Gasteiger partial charge >= 0.3 is 0 Å². The van der Waals surface area contributed by atoms with Crippen LogP contribution in [0, 0.1) is 0 Å². The average molecular weight is 431 g/mol. The minimum absolute atomic E-state index is 0.121. The Bertz CT molecular complexity index is 1080. The zero-order chi connectivity index (χ0) is 22.4. The number of rotatable bonds is 6. The van der Waals surface area contributed by atoms with E-state index in [0.29, 0.717) is 19.5 Å². The van der Waals surface area contributed by atoms with Gasteiger partial charge in [-0.2, -0.15) is 0 Å². The molecule has 2 amide bonds. The van der Waals surface area contributed by atoms with Crippen molar-refractivity contribution in [1.82, 2.24) is 25.2 Å². The van der Waals surface area contributed by atoms with Crippen LogP contribution in [0.25, 0.3) is 11.1 Å². The summed E-state index contributed by atoms with van der Waals surface area (Å²) in [6.07, 6.45) is 8.27. The van der Waals surface area contributed by atoms with Gasteiger partial charge in [0.2, 0.25) is 0 Å². The summed E-state index contributed by atoms with van der Waals surface area (Å²) in [5.41, 5.74) is 1.91. The second-order valence-corrected chi connectivity index (χ2v) is 7.60. The summed E-state index contributed by atoms with van der Waals surface area (Å²) in [6.45, 7) is 3.07. The third-order valence-electron chi connectivity index (χ3n) is 5.47. The molecule has 164 valence electrons. The molecule has 0 saturated carbocycles. The van der Waals surface area contributed by atoms with Crippen molar-refractivity contribution in [3.8, 4) is 11.1 Å².